The number of allylic oxidation sites excluding steroid dienone is 1. The topological polar surface area (TPSA) is 63.7 Å². The zero-order valence-electron chi connectivity index (χ0n) is 20.1. The lowest BCUT2D eigenvalue weighted by Crippen LogP contribution is -2.35. The highest BCUT2D eigenvalue weighted by Crippen LogP contribution is 2.42. The van der Waals surface area contributed by atoms with E-state index in [2.05, 4.69) is 31.2 Å². The lowest BCUT2D eigenvalue weighted by molar-refractivity contribution is -0.128. The zero-order valence-corrected chi connectivity index (χ0v) is 20.1. The summed E-state index contributed by atoms with van der Waals surface area (Å²) in [7, 11) is 1.36. The summed E-state index contributed by atoms with van der Waals surface area (Å²) in [4.78, 5) is 39.5. The quantitative estimate of drug-likeness (QED) is 0.414. The summed E-state index contributed by atoms with van der Waals surface area (Å²) in [5.41, 5.74) is 3.44. The summed E-state index contributed by atoms with van der Waals surface area (Å²) >= 11 is 0. The molecule has 1 atom stereocenters. The predicted molar refractivity (Wildman–Crippen MR) is 132 cm³/mol. The van der Waals surface area contributed by atoms with Crippen LogP contribution in [-0.2, 0) is 26.2 Å². The molecule has 1 amide bonds. The van der Waals surface area contributed by atoms with Crippen LogP contribution in [-0.4, -0.2) is 42.3 Å². The number of amides is 1. The Morgan fingerprint density at radius 3 is 2.38 bits per heavy atom. The van der Waals surface area contributed by atoms with Gasteiger partial charge in [0, 0.05) is 13.0 Å². The van der Waals surface area contributed by atoms with Crippen molar-refractivity contribution < 1.29 is 19.1 Å². The molecule has 5 heteroatoms. The average Bonchev–Trinajstić information content (AvgIpc) is 3.49. The van der Waals surface area contributed by atoms with Crippen LogP contribution >= 0.6 is 0 Å². The van der Waals surface area contributed by atoms with E-state index in [9.17, 15) is 14.4 Å². The molecule has 1 saturated heterocycles. The second-order valence-electron chi connectivity index (χ2n) is 9.51. The van der Waals surface area contributed by atoms with E-state index in [1.807, 2.05) is 23.1 Å². The average molecular weight is 460 g/mol. The van der Waals surface area contributed by atoms with E-state index in [-0.39, 0.29) is 23.7 Å². The third-order valence-corrected chi connectivity index (χ3v) is 7.39. The van der Waals surface area contributed by atoms with Gasteiger partial charge in [-0.25, -0.2) is 4.79 Å². The number of nitrogens with zero attached hydrogens (tertiary/aromatic N) is 1. The second kappa shape index (κ2) is 10.4. The second-order valence-corrected chi connectivity index (χ2v) is 9.51. The van der Waals surface area contributed by atoms with Crippen molar-refractivity contribution in [2.45, 2.75) is 63.3 Å². The van der Waals surface area contributed by atoms with E-state index in [1.54, 1.807) is 18.2 Å². The number of hydrogen-bond donors (Lipinski definition) is 0. The number of likely N-dealkylation sites (tertiary alicyclic amines) is 1. The first-order valence-corrected chi connectivity index (χ1v) is 12.2. The number of aryl methyl sites for hydroxylation is 1. The predicted octanol–water partition coefficient (Wildman–Crippen LogP) is 4.95. The number of ether oxygens (including phenoxy) is 1. The van der Waals surface area contributed by atoms with Crippen LogP contribution in [0.1, 0.15) is 65.6 Å². The number of carbonyl (C=O) groups is 3. The minimum absolute atomic E-state index is 0.0535. The van der Waals surface area contributed by atoms with Gasteiger partial charge in [0.05, 0.1) is 24.1 Å². The first kappa shape index (κ1) is 23.9. The molecule has 1 heterocycles. The molecule has 0 N–H and O–H groups in total. The van der Waals surface area contributed by atoms with Gasteiger partial charge < -0.3 is 9.64 Å². The fourth-order valence-corrected chi connectivity index (χ4v) is 5.31. The summed E-state index contributed by atoms with van der Waals surface area (Å²) < 4.78 is 4.74. The highest BCUT2D eigenvalue weighted by molar-refractivity contribution is 5.99. The van der Waals surface area contributed by atoms with E-state index < -0.39 is 5.41 Å². The Bertz CT molecular complexity index is 1060. The molecular formula is C29H33NO4. The highest BCUT2D eigenvalue weighted by atomic mass is 16.5. The first-order valence-electron chi connectivity index (χ1n) is 12.2. The molecule has 1 aliphatic carbocycles. The monoisotopic (exact) mass is 459 g/mol. The third kappa shape index (κ3) is 4.98. The maximum absolute atomic E-state index is 13.5. The SMILES string of the molecule is COC(=O)c1ccc(CCN2C(=O)CC[C@@H]2C=CC(=O)C2(c3ccc(C)cc3)CCCC2)cc1. The molecular weight excluding hydrogens is 426 g/mol. The molecule has 1 aliphatic heterocycles. The number of hydrogen-bond acceptors (Lipinski definition) is 4. The Morgan fingerprint density at radius 1 is 1.06 bits per heavy atom. The molecule has 4 rings (SSSR count). The van der Waals surface area contributed by atoms with E-state index >= 15 is 0 Å². The maximum atomic E-state index is 13.5. The fraction of sp³-hybridized carbons (Fsp3) is 0.414. The Balaban J connectivity index is 1.43. The number of ketones is 1. The molecule has 2 aromatic rings. The molecule has 178 valence electrons. The van der Waals surface area contributed by atoms with Crippen molar-refractivity contribution in [2.75, 3.05) is 13.7 Å². The molecule has 34 heavy (non-hydrogen) atoms. The van der Waals surface area contributed by atoms with Crippen LogP contribution in [0.15, 0.2) is 60.7 Å². The van der Waals surface area contributed by atoms with Crippen molar-refractivity contribution in [3.05, 3.63) is 82.9 Å². The van der Waals surface area contributed by atoms with Gasteiger partial charge in [-0.1, -0.05) is 60.9 Å². The van der Waals surface area contributed by atoms with Crippen molar-refractivity contribution in [1.29, 1.82) is 0 Å². The van der Waals surface area contributed by atoms with Crippen molar-refractivity contribution in [1.82, 2.24) is 4.90 Å². The molecule has 2 aliphatic rings. The van der Waals surface area contributed by atoms with E-state index in [4.69, 9.17) is 4.74 Å². The molecule has 2 aromatic carbocycles. The summed E-state index contributed by atoms with van der Waals surface area (Å²) in [5, 5.41) is 0. The first-order chi connectivity index (χ1) is 16.4. The zero-order chi connectivity index (χ0) is 24.1. The molecule has 0 radical (unpaired) electrons. The molecule has 0 unspecified atom stereocenters. The minimum Gasteiger partial charge on any atom is -0.465 e. The number of carbonyl (C=O) groups excluding carboxylic acids is 3. The van der Waals surface area contributed by atoms with Gasteiger partial charge >= 0.3 is 5.97 Å². The summed E-state index contributed by atoms with van der Waals surface area (Å²) in [5.74, 6) is -0.0734. The van der Waals surface area contributed by atoms with Crippen LogP contribution in [0, 0.1) is 6.92 Å². The van der Waals surface area contributed by atoms with Gasteiger partial charge in [0.2, 0.25) is 5.91 Å². The lowest BCUT2D eigenvalue weighted by Gasteiger charge is -2.27. The summed E-state index contributed by atoms with van der Waals surface area (Å²) in [6.45, 7) is 2.65. The Morgan fingerprint density at radius 2 is 1.74 bits per heavy atom. The molecule has 0 bridgehead atoms. The number of esters is 1. The number of rotatable bonds is 8. The Hall–Kier alpha value is -3.21. The van der Waals surface area contributed by atoms with E-state index in [0.717, 1.165) is 43.2 Å². The number of methoxy groups -OCH3 is 1. The maximum Gasteiger partial charge on any atom is 0.337 e. The van der Waals surface area contributed by atoms with E-state index in [0.29, 0.717) is 24.9 Å². The minimum atomic E-state index is -0.432. The van der Waals surface area contributed by atoms with Crippen LogP contribution in [0.25, 0.3) is 0 Å². The Kier molecular flexibility index (Phi) is 7.30. The van der Waals surface area contributed by atoms with Gasteiger partial charge in [0.25, 0.3) is 0 Å². The molecule has 1 saturated carbocycles. The summed E-state index contributed by atoms with van der Waals surface area (Å²) in [6, 6.07) is 15.6. The van der Waals surface area contributed by atoms with Gasteiger partial charge in [-0.3, -0.25) is 9.59 Å². The van der Waals surface area contributed by atoms with Crippen LogP contribution in [0.2, 0.25) is 0 Å². The van der Waals surface area contributed by atoms with Gasteiger partial charge in [-0.2, -0.15) is 0 Å². The van der Waals surface area contributed by atoms with Crippen molar-refractivity contribution in [3.8, 4) is 0 Å². The normalized spacial score (nSPS) is 19.6. The van der Waals surface area contributed by atoms with Gasteiger partial charge in [-0.05, 0) is 61.9 Å². The van der Waals surface area contributed by atoms with Crippen LogP contribution in [0.5, 0.6) is 0 Å². The smallest absolute Gasteiger partial charge is 0.337 e. The molecule has 0 spiro atoms. The highest BCUT2D eigenvalue weighted by Gasteiger charge is 2.41. The van der Waals surface area contributed by atoms with E-state index in [1.165, 1.54) is 12.7 Å². The fourth-order valence-electron chi connectivity index (χ4n) is 5.31. The van der Waals surface area contributed by atoms with Crippen molar-refractivity contribution in [2.24, 2.45) is 0 Å². The lowest BCUT2D eigenvalue weighted by atomic mass is 9.75. The van der Waals surface area contributed by atoms with Gasteiger partial charge in [0.15, 0.2) is 5.78 Å². The van der Waals surface area contributed by atoms with Crippen molar-refractivity contribution >= 4 is 17.7 Å². The molecule has 5 nitrogen and oxygen atoms in total. The van der Waals surface area contributed by atoms with Crippen LogP contribution in [0.4, 0.5) is 0 Å². The number of benzene rings is 2. The molecule has 0 aromatic heterocycles. The standard InChI is InChI=1S/C29H33NO4/c1-21-5-11-24(12-6-21)29(18-3-4-19-29)26(31)15-13-25-14-16-27(32)30(25)20-17-22-7-9-23(10-8-22)28(33)34-2/h5-13,15,25H,3-4,14,16-20H2,1-2H3/t25-/m0/s1. The van der Waals surface area contributed by atoms with Gasteiger partial charge in [0.1, 0.15) is 0 Å². The van der Waals surface area contributed by atoms with Crippen LogP contribution in [0.3, 0.4) is 0 Å². The van der Waals surface area contributed by atoms with Crippen molar-refractivity contribution in [3.63, 3.8) is 0 Å². The third-order valence-electron chi connectivity index (χ3n) is 7.39. The Labute approximate surface area is 201 Å². The summed E-state index contributed by atoms with van der Waals surface area (Å²) in [6.07, 6.45) is 9.52. The van der Waals surface area contributed by atoms with Crippen LogP contribution < -0.4 is 0 Å². The molecule has 2 fully saturated rings. The largest absolute Gasteiger partial charge is 0.465 e. The van der Waals surface area contributed by atoms with Gasteiger partial charge in [-0.15, -0.1) is 0 Å².